The SMILES string of the molecule is CC(=NC1C(C)CC(C)CC1C)C1CCCC(/C(C)=N/n2cccc2)N1.[Cl][Fe][Cl]. The van der Waals surface area contributed by atoms with E-state index in [2.05, 4.69) is 39.9 Å². The molecule has 0 spiro atoms. The molecular formula is C22H36Cl2FeN4. The summed E-state index contributed by atoms with van der Waals surface area (Å²) in [6.45, 7) is 11.5. The number of halogens is 2. The van der Waals surface area contributed by atoms with Crippen LogP contribution in [0, 0.1) is 17.8 Å². The Kier molecular flexibility index (Phi) is 10.8. The predicted octanol–water partition coefficient (Wildman–Crippen LogP) is 6.13. The molecule has 3 rings (SSSR count). The second-order valence-electron chi connectivity index (χ2n) is 8.85. The van der Waals surface area contributed by atoms with Gasteiger partial charge in [0.15, 0.2) is 0 Å². The molecule has 4 nitrogen and oxygen atoms in total. The van der Waals surface area contributed by atoms with Gasteiger partial charge in [-0.2, -0.15) is 5.10 Å². The van der Waals surface area contributed by atoms with Crippen LogP contribution in [0.2, 0.25) is 0 Å². The predicted molar refractivity (Wildman–Crippen MR) is 123 cm³/mol. The normalized spacial score (nSPS) is 33.9. The number of aromatic nitrogens is 1. The van der Waals surface area contributed by atoms with E-state index in [-0.39, 0.29) is 13.1 Å². The van der Waals surface area contributed by atoms with Gasteiger partial charge in [-0.3, -0.25) is 4.99 Å². The van der Waals surface area contributed by atoms with Crippen molar-refractivity contribution in [2.45, 2.75) is 84.8 Å². The molecule has 1 aromatic rings. The van der Waals surface area contributed by atoms with Crippen molar-refractivity contribution in [3.8, 4) is 0 Å². The van der Waals surface area contributed by atoms with Crippen LogP contribution in [0.25, 0.3) is 0 Å². The zero-order valence-corrected chi connectivity index (χ0v) is 20.9. The summed E-state index contributed by atoms with van der Waals surface area (Å²) in [5, 5.41) is 8.53. The fraction of sp³-hybridized carbons (Fsp3) is 0.727. The van der Waals surface area contributed by atoms with Crippen molar-refractivity contribution in [2.24, 2.45) is 27.8 Å². The van der Waals surface area contributed by atoms with Crippen molar-refractivity contribution in [3.05, 3.63) is 24.5 Å². The minimum absolute atomic E-state index is 0.194. The molecule has 1 saturated carbocycles. The topological polar surface area (TPSA) is 41.7 Å². The number of rotatable bonds is 4. The van der Waals surface area contributed by atoms with E-state index in [1.54, 1.807) is 0 Å². The first-order valence-corrected chi connectivity index (χ1v) is 13.7. The summed E-state index contributed by atoms with van der Waals surface area (Å²) in [5.41, 5.74) is 2.45. The summed E-state index contributed by atoms with van der Waals surface area (Å²) in [4.78, 5) is 5.23. The molecule has 2 aliphatic rings. The van der Waals surface area contributed by atoms with E-state index in [1.807, 2.05) is 29.2 Å². The first kappa shape index (κ1) is 24.9. The molecule has 1 aliphatic heterocycles. The average molecular weight is 483 g/mol. The van der Waals surface area contributed by atoms with E-state index < -0.39 is 0 Å². The van der Waals surface area contributed by atoms with Gasteiger partial charge in [-0.25, -0.2) is 4.68 Å². The maximum absolute atomic E-state index is 5.23. The van der Waals surface area contributed by atoms with E-state index in [9.17, 15) is 0 Å². The van der Waals surface area contributed by atoms with Gasteiger partial charge in [0.25, 0.3) is 0 Å². The van der Waals surface area contributed by atoms with Crippen LogP contribution in [0.4, 0.5) is 0 Å². The molecular weight excluding hydrogens is 447 g/mol. The standard InChI is InChI=1S/C22H36N4.2ClH.Fe/c1-15-13-16(2)22(17(3)14-15)23-18(4)20-9-8-10-21(24-20)19(5)25-26-11-6-7-12-26;;;/h6-7,11-12,15-17,20-22,24H,8-10,13-14H2,1-5H3;2*1H;/q;;;+2/p-2/b23-18?,25-19+;;;. The van der Waals surface area contributed by atoms with Gasteiger partial charge in [0.05, 0.1) is 11.8 Å². The van der Waals surface area contributed by atoms with Gasteiger partial charge in [-0.1, -0.05) is 20.8 Å². The maximum atomic E-state index is 5.23. The van der Waals surface area contributed by atoms with Crippen LogP contribution in [-0.2, 0) is 13.1 Å². The Hall–Kier alpha value is -0.321. The molecule has 7 heteroatoms. The molecule has 0 amide bonds. The molecule has 0 aromatic carbocycles. The van der Waals surface area contributed by atoms with Gasteiger partial charge in [-0.15, -0.1) is 0 Å². The van der Waals surface area contributed by atoms with Crippen LogP contribution in [0.5, 0.6) is 0 Å². The minimum atomic E-state index is 0.194. The Morgan fingerprint density at radius 2 is 1.48 bits per heavy atom. The average Bonchev–Trinajstić information content (AvgIpc) is 3.18. The Labute approximate surface area is 191 Å². The number of hydrogen-bond acceptors (Lipinski definition) is 3. The van der Waals surface area contributed by atoms with Crippen molar-refractivity contribution in [3.63, 3.8) is 0 Å². The molecule has 1 aromatic heterocycles. The first-order chi connectivity index (χ1) is 13.8. The summed E-state index contributed by atoms with van der Waals surface area (Å²) in [5.74, 6) is 2.23. The van der Waals surface area contributed by atoms with E-state index >= 15 is 0 Å². The second kappa shape index (κ2) is 12.5. The number of nitrogens with one attached hydrogen (secondary N) is 1. The van der Waals surface area contributed by atoms with Gasteiger partial charge >= 0.3 is 33.3 Å². The van der Waals surface area contributed by atoms with E-state index in [4.69, 9.17) is 30.3 Å². The molecule has 2 heterocycles. The quantitative estimate of drug-likeness (QED) is 0.406. The van der Waals surface area contributed by atoms with Crippen LogP contribution in [0.15, 0.2) is 34.6 Å². The fourth-order valence-electron chi connectivity index (χ4n) is 5.02. The van der Waals surface area contributed by atoms with Crippen LogP contribution in [0.1, 0.15) is 66.7 Å². The molecule has 4 unspecified atom stereocenters. The van der Waals surface area contributed by atoms with Crippen molar-refractivity contribution in [2.75, 3.05) is 0 Å². The Bertz CT molecular complexity index is 650. The molecule has 166 valence electrons. The number of piperidine rings is 1. The monoisotopic (exact) mass is 482 g/mol. The van der Waals surface area contributed by atoms with Crippen molar-refractivity contribution in [1.82, 2.24) is 9.99 Å². The van der Waals surface area contributed by atoms with Crippen LogP contribution < -0.4 is 5.32 Å². The van der Waals surface area contributed by atoms with Gasteiger partial charge in [0.1, 0.15) is 0 Å². The van der Waals surface area contributed by atoms with Crippen LogP contribution in [0.3, 0.4) is 0 Å². The third-order valence-electron chi connectivity index (χ3n) is 6.33. The third kappa shape index (κ3) is 7.70. The third-order valence-corrected chi connectivity index (χ3v) is 6.33. The van der Waals surface area contributed by atoms with Gasteiger partial charge < -0.3 is 5.32 Å². The zero-order chi connectivity index (χ0) is 21.4. The number of aliphatic imine (C=N–C) groups is 1. The van der Waals surface area contributed by atoms with Gasteiger partial charge in [-0.05, 0) is 75.8 Å². The molecule has 0 bridgehead atoms. The molecule has 1 saturated heterocycles. The molecule has 0 radical (unpaired) electrons. The molecule has 4 atom stereocenters. The Morgan fingerprint density at radius 1 is 0.966 bits per heavy atom. The van der Waals surface area contributed by atoms with Crippen molar-refractivity contribution < 1.29 is 13.1 Å². The summed E-state index contributed by atoms with van der Waals surface area (Å²) >= 11 is 0.194. The van der Waals surface area contributed by atoms with Gasteiger partial charge in [0.2, 0.25) is 0 Å². The fourth-order valence-corrected chi connectivity index (χ4v) is 5.02. The van der Waals surface area contributed by atoms with E-state index in [0.29, 0.717) is 30.0 Å². The Balaban J connectivity index is 0.000000941. The zero-order valence-electron chi connectivity index (χ0n) is 18.3. The molecule has 1 N–H and O–H groups in total. The van der Waals surface area contributed by atoms with E-state index in [0.717, 1.165) is 18.1 Å². The van der Waals surface area contributed by atoms with Crippen molar-refractivity contribution in [1.29, 1.82) is 0 Å². The Morgan fingerprint density at radius 3 is 2.03 bits per heavy atom. The van der Waals surface area contributed by atoms with Crippen LogP contribution >= 0.6 is 20.2 Å². The summed E-state index contributed by atoms with van der Waals surface area (Å²) in [6.07, 6.45) is 10.2. The number of nitrogens with zero attached hydrogens (tertiary/aromatic N) is 3. The summed E-state index contributed by atoms with van der Waals surface area (Å²) in [6, 6.07) is 5.25. The number of hydrogen-bond donors (Lipinski definition) is 1. The molecule has 1 aliphatic carbocycles. The van der Waals surface area contributed by atoms with Gasteiger partial charge in [0, 0.05) is 30.2 Å². The summed E-state index contributed by atoms with van der Waals surface area (Å²) < 4.78 is 1.90. The van der Waals surface area contributed by atoms with E-state index in [1.165, 1.54) is 31.4 Å². The first-order valence-electron chi connectivity index (χ1n) is 10.7. The summed E-state index contributed by atoms with van der Waals surface area (Å²) in [7, 11) is 9.53. The molecule has 2 fully saturated rings. The second-order valence-corrected chi connectivity index (χ2v) is 10.7. The van der Waals surface area contributed by atoms with Crippen LogP contribution in [-0.4, -0.2) is 34.2 Å². The molecule has 29 heavy (non-hydrogen) atoms. The van der Waals surface area contributed by atoms with Crippen molar-refractivity contribution >= 4 is 31.6 Å².